The predicted molar refractivity (Wildman–Crippen MR) is 56.7 cm³/mol. The minimum atomic E-state index is -4.05. The van der Waals surface area contributed by atoms with Crippen LogP contribution in [-0.2, 0) is 16.5 Å². The summed E-state index contributed by atoms with van der Waals surface area (Å²) in [6.45, 7) is 7.64. The maximum Gasteiger partial charge on any atom is 0.294 e. The van der Waals surface area contributed by atoms with Crippen LogP contribution in [0.15, 0.2) is 29.2 Å². The fourth-order valence-electron chi connectivity index (χ4n) is 0.828. The monoisotopic (exact) mass is 215 g/mol. The molecule has 0 amide bonds. The van der Waals surface area contributed by atoms with E-state index in [1.54, 1.807) is 12.1 Å². The van der Waals surface area contributed by atoms with Crippen LogP contribution in [0, 0.1) is 6.92 Å². The summed E-state index contributed by atoms with van der Waals surface area (Å²) in [5, 5.41) is 0. The minimum Gasteiger partial charge on any atom is -0.282 e. The van der Waals surface area contributed by atoms with Gasteiger partial charge in [-0.05, 0) is 17.7 Å². The van der Waals surface area contributed by atoms with Crippen LogP contribution in [0.25, 0.3) is 0 Å². The van der Waals surface area contributed by atoms with Gasteiger partial charge in [-0.15, -0.1) is 0 Å². The van der Waals surface area contributed by atoms with E-state index in [9.17, 15) is 8.42 Å². The van der Waals surface area contributed by atoms with Crippen molar-refractivity contribution in [3.8, 4) is 0 Å². The van der Waals surface area contributed by atoms with Gasteiger partial charge in [-0.2, -0.15) is 8.42 Å². The molecule has 1 aromatic carbocycles. The van der Waals surface area contributed by atoms with E-state index < -0.39 is 10.1 Å². The first-order valence-corrected chi connectivity index (χ1v) is 5.84. The first-order valence-electron chi connectivity index (χ1n) is 4.39. The Morgan fingerprint density at radius 3 is 1.93 bits per heavy atom. The molecule has 0 aliphatic rings. The molecule has 14 heavy (non-hydrogen) atoms. The molecule has 0 fully saturated rings. The highest BCUT2D eigenvalue weighted by Gasteiger charge is 2.07. The Labute approximate surface area is 85.5 Å². The van der Waals surface area contributed by atoms with E-state index in [0.29, 0.717) is 6.42 Å². The van der Waals surface area contributed by atoms with Crippen molar-refractivity contribution in [2.45, 2.75) is 25.2 Å². The van der Waals surface area contributed by atoms with Crippen molar-refractivity contribution in [3.63, 3.8) is 0 Å². The minimum absolute atomic E-state index is 0.0836. The Bertz CT molecular complexity index is 351. The summed E-state index contributed by atoms with van der Waals surface area (Å²) >= 11 is 0. The quantitative estimate of drug-likeness (QED) is 0.608. The zero-order chi connectivity index (χ0) is 11.2. The molecular formula is C10H15O3S+. The van der Waals surface area contributed by atoms with Crippen molar-refractivity contribution in [2.75, 3.05) is 0 Å². The summed E-state index contributed by atoms with van der Waals surface area (Å²) in [6.07, 6.45) is 0.603. The molecule has 0 aliphatic carbocycles. The van der Waals surface area contributed by atoms with Crippen molar-refractivity contribution in [3.05, 3.63) is 36.8 Å². The van der Waals surface area contributed by atoms with Crippen LogP contribution in [0.5, 0.6) is 0 Å². The van der Waals surface area contributed by atoms with E-state index >= 15 is 0 Å². The Morgan fingerprint density at radius 1 is 1.21 bits per heavy atom. The highest BCUT2D eigenvalue weighted by molar-refractivity contribution is 7.85. The van der Waals surface area contributed by atoms with Gasteiger partial charge >= 0.3 is 0 Å². The predicted octanol–water partition coefficient (Wildman–Crippen LogP) is 2.34. The van der Waals surface area contributed by atoms with E-state index in [1.807, 2.05) is 13.8 Å². The van der Waals surface area contributed by atoms with Gasteiger partial charge in [0.15, 0.2) is 0 Å². The zero-order valence-corrected chi connectivity index (χ0v) is 9.21. The number of hydrogen-bond donors (Lipinski definition) is 1. The topological polar surface area (TPSA) is 54.4 Å². The number of rotatable bonds is 2. The average Bonchev–Trinajstić information content (AvgIpc) is 2.20. The summed E-state index contributed by atoms with van der Waals surface area (Å²) in [4.78, 5) is -0.0836. The van der Waals surface area contributed by atoms with Crippen molar-refractivity contribution < 1.29 is 13.0 Å². The van der Waals surface area contributed by atoms with Gasteiger partial charge in [0.1, 0.15) is 6.42 Å². The zero-order valence-electron chi connectivity index (χ0n) is 8.40. The number of hydrogen-bond acceptors (Lipinski definition) is 2. The largest absolute Gasteiger partial charge is 0.294 e. The van der Waals surface area contributed by atoms with Crippen molar-refractivity contribution in [1.29, 1.82) is 0 Å². The van der Waals surface area contributed by atoms with E-state index in [1.165, 1.54) is 12.1 Å². The average molecular weight is 215 g/mol. The molecule has 1 rings (SSSR count). The molecule has 0 atom stereocenters. The van der Waals surface area contributed by atoms with Gasteiger partial charge in [-0.25, -0.2) is 0 Å². The molecular weight excluding hydrogens is 200 g/mol. The summed E-state index contributed by atoms with van der Waals surface area (Å²) in [5.41, 5.74) is 0.933. The van der Waals surface area contributed by atoms with Crippen molar-refractivity contribution in [1.82, 2.24) is 0 Å². The number of benzene rings is 1. The Kier molecular flexibility index (Phi) is 5.27. The summed E-state index contributed by atoms with van der Waals surface area (Å²) in [5.74, 6) is 0. The lowest BCUT2D eigenvalue weighted by molar-refractivity contribution is 0.483. The van der Waals surface area contributed by atoms with Crippen LogP contribution in [0.1, 0.15) is 19.4 Å². The lowest BCUT2D eigenvalue weighted by atomic mass is 10.2. The van der Waals surface area contributed by atoms with Gasteiger partial charge in [0.05, 0.1) is 11.8 Å². The van der Waals surface area contributed by atoms with Gasteiger partial charge in [-0.3, -0.25) is 4.55 Å². The smallest absolute Gasteiger partial charge is 0.282 e. The fourth-order valence-corrected chi connectivity index (χ4v) is 1.31. The third-order valence-electron chi connectivity index (χ3n) is 1.51. The molecule has 4 heteroatoms. The van der Waals surface area contributed by atoms with Crippen LogP contribution in [-0.4, -0.2) is 13.0 Å². The van der Waals surface area contributed by atoms with Crippen LogP contribution < -0.4 is 0 Å². The Balaban J connectivity index is 0.000000791. The standard InChI is InChI=1S/C8H8O3S.C2H6/c1-2-7-3-5-8(6-4-7)12(9,10)11;1-2/h3-6H,1-2H2;1-2H3/p+1. The molecule has 3 nitrogen and oxygen atoms in total. The van der Waals surface area contributed by atoms with Gasteiger partial charge < -0.3 is 0 Å². The van der Waals surface area contributed by atoms with Crippen molar-refractivity contribution in [2.24, 2.45) is 0 Å². The van der Waals surface area contributed by atoms with E-state index in [4.69, 9.17) is 4.55 Å². The molecule has 0 aliphatic heterocycles. The SMILES string of the molecule is CC.[CH2+]Cc1ccc(S(=O)(=O)O)cc1. The van der Waals surface area contributed by atoms with Crippen molar-refractivity contribution >= 4 is 10.1 Å². The van der Waals surface area contributed by atoms with Gasteiger partial charge in [0, 0.05) is 0 Å². The molecule has 0 spiro atoms. The van der Waals surface area contributed by atoms with E-state index in [2.05, 4.69) is 6.92 Å². The van der Waals surface area contributed by atoms with Gasteiger partial charge in [0.2, 0.25) is 0 Å². The maximum absolute atomic E-state index is 10.6. The Morgan fingerprint density at radius 2 is 1.64 bits per heavy atom. The highest BCUT2D eigenvalue weighted by atomic mass is 32.2. The van der Waals surface area contributed by atoms with Gasteiger partial charge in [0.25, 0.3) is 10.1 Å². The molecule has 0 radical (unpaired) electrons. The van der Waals surface area contributed by atoms with Crippen LogP contribution in [0.2, 0.25) is 0 Å². The molecule has 0 unspecified atom stereocenters. The Hall–Kier alpha value is -1.00. The van der Waals surface area contributed by atoms with E-state index in [-0.39, 0.29) is 4.90 Å². The molecule has 0 heterocycles. The molecule has 1 N–H and O–H groups in total. The third kappa shape index (κ3) is 3.81. The van der Waals surface area contributed by atoms with Crippen LogP contribution in [0.4, 0.5) is 0 Å². The normalized spacial score (nSPS) is 10.2. The van der Waals surface area contributed by atoms with Crippen LogP contribution >= 0.6 is 0 Å². The second-order valence-corrected chi connectivity index (χ2v) is 3.79. The molecule has 0 aromatic heterocycles. The second kappa shape index (κ2) is 5.67. The van der Waals surface area contributed by atoms with Crippen LogP contribution in [0.3, 0.4) is 0 Å². The summed E-state index contributed by atoms with van der Waals surface area (Å²) in [7, 11) is -4.05. The molecule has 0 saturated heterocycles. The summed E-state index contributed by atoms with van der Waals surface area (Å²) in [6, 6.07) is 5.96. The van der Waals surface area contributed by atoms with E-state index in [0.717, 1.165) is 5.56 Å². The van der Waals surface area contributed by atoms with Gasteiger partial charge in [-0.1, -0.05) is 26.0 Å². The lowest BCUT2D eigenvalue weighted by Gasteiger charge is -1.96. The fraction of sp³-hybridized carbons (Fsp3) is 0.300. The first-order chi connectivity index (χ1) is 6.54. The molecule has 1 aromatic rings. The lowest BCUT2D eigenvalue weighted by Crippen LogP contribution is -1.97. The second-order valence-electron chi connectivity index (χ2n) is 2.37. The molecule has 0 saturated carbocycles. The molecule has 78 valence electrons. The summed E-state index contributed by atoms with van der Waals surface area (Å²) < 4.78 is 29.8. The highest BCUT2D eigenvalue weighted by Crippen LogP contribution is 2.09. The first kappa shape index (κ1) is 13.0. The third-order valence-corrected chi connectivity index (χ3v) is 2.38. The molecule has 0 bridgehead atoms. The maximum atomic E-state index is 10.6.